The first-order valence-corrected chi connectivity index (χ1v) is 10.5. The maximum atomic E-state index is 12.6. The molecular weight excluding hydrogens is 416 g/mol. The van der Waals surface area contributed by atoms with Crippen LogP contribution in [0.3, 0.4) is 0 Å². The Bertz CT molecular complexity index is 1330. The minimum Gasteiger partial charge on any atom is -0.382 e. The number of nitrogen functional groups attached to an aromatic ring is 1. The van der Waals surface area contributed by atoms with Crippen LogP contribution in [0.15, 0.2) is 72.0 Å². The SMILES string of the molecule is Cc1nc(N)cnc1CNC(=O)c1cncc(Cc2ccc(Cc3ccc[nH]c3=O)cc2)c1. The number of hydrogen-bond acceptors (Lipinski definition) is 6. The van der Waals surface area contributed by atoms with Crippen molar-refractivity contribution in [2.45, 2.75) is 26.3 Å². The van der Waals surface area contributed by atoms with E-state index < -0.39 is 0 Å². The molecule has 0 radical (unpaired) electrons. The number of carbonyl (C=O) groups excluding carboxylic acids is 1. The normalized spacial score (nSPS) is 10.7. The number of aromatic amines is 1. The number of aryl methyl sites for hydroxylation is 1. The van der Waals surface area contributed by atoms with E-state index in [9.17, 15) is 9.59 Å². The van der Waals surface area contributed by atoms with Crippen molar-refractivity contribution in [2.24, 2.45) is 0 Å². The third kappa shape index (κ3) is 5.68. The second kappa shape index (κ2) is 9.86. The van der Waals surface area contributed by atoms with Crippen LogP contribution in [0.2, 0.25) is 0 Å². The van der Waals surface area contributed by atoms with Crippen molar-refractivity contribution in [3.05, 3.63) is 117 Å². The van der Waals surface area contributed by atoms with E-state index in [1.54, 1.807) is 25.5 Å². The van der Waals surface area contributed by atoms with Gasteiger partial charge in [0.2, 0.25) is 0 Å². The smallest absolute Gasteiger partial charge is 0.253 e. The summed E-state index contributed by atoms with van der Waals surface area (Å²) in [7, 11) is 0. The van der Waals surface area contributed by atoms with Crippen molar-refractivity contribution in [1.29, 1.82) is 0 Å². The van der Waals surface area contributed by atoms with Crippen LogP contribution in [0.4, 0.5) is 5.82 Å². The number of carbonyl (C=O) groups is 1. The van der Waals surface area contributed by atoms with E-state index >= 15 is 0 Å². The number of anilines is 1. The lowest BCUT2D eigenvalue weighted by molar-refractivity contribution is 0.0950. The number of H-pyrrole nitrogens is 1. The molecule has 0 unspecified atom stereocenters. The molecule has 3 heterocycles. The van der Waals surface area contributed by atoms with Crippen LogP contribution in [-0.2, 0) is 19.4 Å². The highest BCUT2D eigenvalue weighted by atomic mass is 16.1. The van der Waals surface area contributed by atoms with E-state index in [1.165, 1.54) is 6.20 Å². The Labute approximate surface area is 191 Å². The van der Waals surface area contributed by atoms with Gasteiger partial charge in [-0.15, -0.1) is 0 Å². The Morgan fingerprint density at radius 3 is 2.52 bits per heavy atom. The molecule has 1 aromatic carbocycles. The average Bonchev–Trinajstić information content (AvgIpc) is 2.81. The summed E-state index contributed by atoms with van der Waals surface area (Å²) in [6.45, 7) is 2.06. The van der Waals surface area contributed by atoms with Crippen molar-refractivity contribution < 1.29 is 4.79 Å². The lowest BCUT2D eigenvalue weighted by Crippen LogP contribution is -2.24. The summed E-state index contributed by atoms with van der Waals surface area (Å²) in [5, 5.41) is 2.85. The lowest BCUT2D eigenvalue weighted by Gasteiger charge is -2.09. The molecule has 0 aliphatic heterocycles. The zero-order chi connectivity index (χ0) is 23.2. The third-order valence-electron chi connectivity index (χ3n) is 5.27. The number of hydrogen-bond donors (Lipinski definition) is 3. The highest BCUT2D eigenvalue weighted by Gasteiger charge is 2.10. The van der Waals surface area contributed by atoms with E-state index in [4.69, 9.17) is 5.73 Å². The molecule has 4 rings (SSSR count). The summed E-state index contributed by atoms with van der Waals surface area (Å²) in [6.07, 6.45) is 7.61. The van der Waals surface area contributed by atoms with Gasteiger partial charge in [-0.05, 0) is 42.2 Å². The molecule has 4 N–H and O–H groups in total. The predicted octanol–water partition coefficient (Wildman–Crippen LogP) is 2.56. The van der Waals surface area contributed by atoms with Crippen molar-refractivity contribution in [1.82, 2.24) is 25.3 Å². The summed E-state index contributed by atoms with van der Waals surface area (Å²) in [4.78, 5) is 39.8. The molecule has 0 saturated carbocycles. The van der Waals surface area contributed by atoms with Crippen LogP contribution >= 0.6 is 0 Å². The molecule has 0 aliphatic rings. The Kier molecular flexibility index (Phi) is 6.54. The summed E-state index contributed by atoms with van der Waals surface area (Å²) in [5.41, 5.74) is 11.2. The topological polar surface area (TPSA) is 127 Å². The van der Waals surface area contributed by atoms with Crippen LogP contribution in [0.25, 0.3) is 0 Å². The van der Waals surface area contributed by atoms with Gasteiger partial charge in [0.05, 0.1) is 29.7 Å². The first-order valence-electron chi connectivity index (χ1n) is 10.5. The van der Waals surface area contributed by atoms with Gasteiger partial charge in [-0.1, -0.05) is 30.3 Å². The fourth-order valence-corrected chi connectivity index (χ4v) is 3.50. The van der Waals surface area contributed by atoms with E-state index in [0.29, 0.717) is 35.6 Å². The number of rotatable bonds is 7. The van der Waals surface area contributed by atoms with Gasteiger partial charge in [-0.2, -0.15) is 0 Å². The van der Waals surface area contributed by atoms with Crippen molar-refractivity contribution in [2.75, 3.05) is 5.73 Å². The Morgan fingerprint density at radius 2 is 1.79 bits per heavy atom. The number of benzene rings is 1. The molecule has 0 fully saturated rings. The Morgan fingerprint density at radius 1 is 1.03 bits per heavy atom. The standard InChI is InChI=1S/C25H24N6O2/c1-16-22(29-15-23(26)31-16)14-30-25(33)21-11-19(12-27-13-21)9-17-4-6-18(7-5-17)10-20-3-2-8-28-24(20)32/h2-8,11-13,15H,9-10,14H2,1H3,(H2,26,31)(H,28,32)(H,30,33). The molecule has 3 aromatic heterocycles. The summed E-state index contributed by atoms with van der Waals surface area (Å²) in [5.74, 6) is 0.118. The summed E-state index contributed by atoms with van der Waals surface area (Å²) in [6, 6.07) is 13.6. The predicted molar refractivity (Wildman–Crippen MR) is 126 cm³/mol. The van der Waals surface area contributed by atoms with Gasteiger partial charge in [0, 0.05) is 30.6 Å². The van der Waals surface area contributed by atoms with Gasteiger partial charge in [0.25, 0.3) is 11.5 Å². The maximum Gasteiger partial charge on any atom is 0.253 e. The third-order valence-corrected chi connectivity index (χ3v) is 5.27. The van der Waals surface area contributed by atoms with Crippen LogP contribution in [0.1, 0.15) is 44.0 Å². The summed E-state index contributed by atoms with van der Waals surface area (Å²) < 4.78 is 0. The molecule has 0 spiro atoms. The highest BCUT2D eigenvalue weighted by Crippen LogP contribution is 2.14. The number of aromatic nitrogens is 4. The van der Waals surface area contributed by atoms with Crippen LogP contribution < -0.4 is 16.6 Å². The van der Waals surface area contributed by atoms with Gasteiger partial charge < -0.3 is 16.0 Å². The van der Waals surface area contributed by atoms with Gasteiger partial charge >= 0.3 is 0 Å². The largest absolute Gasteiger partial charge is 0.382 e. The first kappa shape index (κ1) is 21.9. The minimum atomic E-state index is -0.231. The fraction of sp³-hybridized carbons (Fsp3) is 0.160. The molecule has 0 atom stereocenters. The van der Waals surface area contributed by atoms with E-state index in [2.05, 4.69) is 25.3 Å². The zero-order valence-electron chi connectivity index (χ0n) is 18.2. The van der Waals surface area contributed by atoms with Gasteiger partial charge in [-0.25, -0.2) is 4.98 Å². The Balaban J connectivity index is 1.38. The Hall–Kier alpha value is -4.33. The highest BCUT2D eigenvalue weighted by molar-refractivity contribution is 5.94. The minimum absolute atomic E-state index is 0.0682. The molecule has 0 bridgehead atoms. The van der Waals surface area contributed by atoms with Crippen LogP contribution in [0.5, 0.6) is 0 Å². The zero-order valence-corrected chi connectivity index (χ0v) is 18.2. The van der Waals surface area contributed by atoms with Gasteiger partial charge in [0.15, 0.2) is 0 Å². The molecule has 33 heavy (non-hydrogen) atoms. The molecule has 4 aromatic rings. The van der Waals surface area contributed by atoms with Crippen molar-refractivity contribution >= 4 is 11.7 Å². The van der Waals surface area contributed by atoms with Gasteiger partial charge in [0.1, 0.15) is 5.82 Å². The molecule has 166 valence electrons. The second-order valence-electron chi connectivity index (χ2n) is 7.79. The number of nitrogens with zero attached hydrogens (tertiary/aromatic N) is 3. The van der Waals surface area contributed by atoms with Crippen molar-refractivity contribution in [3.63, 3.8) is 0 Å². The van der Waals surface area contributed by atoms with Gasteiger partial charge in [-0.3, -0.25) is 19.6 Å². The first-order chi connectivity index (χ1) is 16.0. The number of pyridine rings is 2. The second-order valence-corrected chi connectivity index (χ2v) is 7.79. The van der Waals surface area contributed by atoms with Crippen LogP contribution in [0, 0.1) is 6.92 Å². The fourth-order valence-electron chi connectivity index (χ4n) is 3.50. The number of amides is 1. The molecule has 0 saturated heterocycles. The van der Waals surface area contributed by atoms with E-state index in [1.807, 2.05) is 42.5 Å². The molecule has 8 heteroatoms. The average molecular weight is 441 g/mol. The maximum absolute atomic E-state index is 12.6. The lowest BCUT2D eigenvalue weighted by atomic mass is 10.0. The van der Waals surface area contributed by atoms with Crippen LogP contribution in [-0.4, -0.2) is 25.8 Å². The van der Waals surface area contributed by atoms with E-state index in [0.717, 1.165) is 22.3 Å². The summed E-state index contributed by atoms with van der Waals surface area (Å²) >= 11 is 0. The van der Waals surface area contributed by atoms with Crippen molar-refractivity contribution in [3.8, 4) is 0 Å². The monoisotopic (exact) mass is 440 g/mol. The molecular formula is C25H24N6O2. The molecule has 1 amide bonds. The quantitative estimate of drug-likeness (QED) is 0.405. The number of nitrogens with one attached hydrogen (secondary N) is 2. The molecule has 8 nitrogen and oxygen atoms in total. The van der Waals surface area contributed by atoms with E-state index in [-0.39, 0.29) is 18.0 Å². The molecule has 0 aliphatic carbocycles. The number of nitrogens with two attached hydrogens (primary N) is 1.